The summed E-state index contributed by atoms with van der Waals surface area (Å²) >= 11 is 0. The van der Waals surface area contributed by atoms with E-state index in [0.717, 1.165) is 25.6 Å². The van der Waals surface area contributed by atoms with Crippen molar-refractivity contribution < 1.29 is 0 Å². The minimum Gasteiger partial charge on any atom is -0.314 e. The first-order valence-electron chi connectivity index (χ1n) is 7.48. The van der Waals surface area contributed by atoms with E-state index in [2.05, 4.69) is 35.9 Å². The first-order valence-corrected chi connectivity index (χ1v) is 7.48. The molecular weight excluding hydrogens is 222 g/mol. The van der Waals surface area contributed by atoms with Crippen molar-refractivity contribution in [2.75, 3.05) is 6.54 Å². The van der Waals surface area contributed by atoms with Gasteiger partial charge in [-0.3, -0.25) is 4.68 Å². The Hall–Kier alpha value is -0.830. The van der Waals surface area contributed by atoms with Gasteiger partial charge in [-0.1, -0.05) is 19.8 Å². The minimum atomic E-state index is 0.789. The molecule has 3 nitrogen and oxygen atoms in total. The largest absolute Gasteiger partial charge is 0.314 e. The highest BCUT2D eigenvalue weighted by Gasteiger charge is 2.13. The molecule has 1 aliphatic carbocycles. The molecule has 0 aliphatic heterocycles. The zero-order valence-electron chi connectivity index (χ0n) is 12.1. The SMILES string of the molecule is CCc1c(C)nn(CCCNC2CCCC2)c1C. The van der Waals surface area contributed by atoms with Crippen LogP contribution in [0.2, 0.25) is 0 Å². The van der Waals surface area contributed by atoms with Crippen LogP contribution in [0, 0.1) is 13.8 Å². The zero-order valence-corrected chi connectivity index (χ0v) is 12.1. The highest BCUT2D eigenvalue weighted by molar-refractivity contribution is 5.24. The van der Waals surface area contributed by atoms with E-state index in [0.29, 0.717) is 0 Å². The first kappa shape index (κ1) is 13.6. The Kier molecular flexibility index (Phi) is 4.81. The summed E-state index contributed by atoms with van der Waals surface area (Å²) in [5.41, 5.74) is 3.99. The Morgan fingerprint density at radius 1 is 1.28 bits per heavy atom. The highest BCUT2D eigenvalue weighted by Crippen LogP contribution is 2.17. The normalized spacial score (nSPS) is 16.6. The fourth-order valence-electron chi connectivity index (χ4n) is 3.13. The minimum absolute atomic E-state index is 0.789. The Morgan fingerprint density at radius 2 is 2.00 bits per heavy atom. The van der Waals surface area contributed by atoms with Crippen LogP contribution in [-0.4, -0.2) is 22.4 Å². The van der Waals surface area contributed by atoms with Gasteiger partial charge in [0.15, 0.2) is 0 Å². The van der Waals surface area contributed by atoms with Gasteiger partial charge in [0.25, 0.3) is 0 Å². The maximum absolute atomic E-state index is 4.64. The number of hydrogen-bond donors (Lipinski definition) is 1. The number of hydrogen-bond acceptors (Lipinski definition) is 2. The molecule has 0 amide bonds. The van der Waals surface area contributed by atoms with Crippen molar-refractivity contribution in [2.45, 2.75) is 71.9 Å². The van der Waals surface area contributed by atoms with E-state index >= 15 is 0 Å². The van der Waals surface area contributed by atoms with Gasteiger partial charge in [0, 0.05) is 18.3 Å². The monoisotopic (exact) mass is 249 g/mol. The Bertz CT molecular complexity index is 375. The predicted octanol–water partition coefficient (Wildman–Crippen LogP) is 2.98. The Balaban J connectivity index is 1.76. The van der Waals surface area contributed by atoms with Crippen molar-refractivity contribution in [3.8, 4) is 0 Å². The molecule has 1 N–H and O–H groups in total. The standard InChI is InChI=1S/C15H27N3/c1-4-15-12(2)17-18(13(15)3)11-7-10-16-14-8-5-6-9-14/h14,16H,4-11H2,1-3H3. The van der Waals surface area contributed by atoms with E-state index in [1.54, 1.807) is 0 Å². The van der Waals surface area contributed by atoms with Crippen molar-refractivity contribution in [3.63, 3.8) is 0 Å². The molecule has 1 aromatic heterocycles. The maximum Gasteiger partial charge on any atom is 0.0628 e. The van der Waals surface area contributed by atoms with E-state index < -0.39 is 0 Å². The molecule has 18 heavy (non-hydrogen) atoms. The average molecular weight is 249 g/mol. The number of nitrogens with one attached hydrogen (secondary N) is 1. The number of nitrogens with zero attached hydrogens (tertiary/aromatic N) is 2. The molecule has 0 spiro atoms. The molecule has 1 fully saturated rings. The van der Waals surface area contributed by atoms with Crippen LogP contribution in [-0.2, 0) is 13.0 Å². The van der Waals surface area contributed by atoms with Crippen molar-refractivity contribution in [2.24, 2.45) is 0 Å². The Morgan fingerprint density at radius 3 is 2.61 bits per heavy atom. The number of rotatable bonds is 6. The molecule has 1 heterocycles. The molecule has 2 rings (SSSR count). The van der Waals surface area contributed by atoms with Gasteiger partial charge in [-0.05, 0) is 51.6 Å². The van der Waals surface area contributed by atoms with Crippen LogP contribution in [0.15, 0.2) is 0 Å². The molecule has 0 saturated heterocycles. The van der Waals surface area contributed by atoms with Crippen LogP contribution >= 0.6 is 0 Å². The third-order valence-electron chi connectivity index (χ3n) is 4.22. The summed E-state index contributed by atoms with van der Waals surface area (Å²) in [5.74, 6) is 0. The smallest absolute Gasteiger partial charge is 0.0628 e. The second-order valence-electron chi connectivity index (χ2n) is 5.52. The molecule has 0 unspecified atom stereocenters. The van der Waals surface area contributed by atoms with E-state index in [9.17, 15) is 0 Å². The van der Waals surface area contributed by atoms with Crippen LogP contribution in [0.25, 0.3) is 0 Å². The van der Waals surface area contributed by atoms with Gasteiger partial charge in [0.1, 0.15) is 0 Å². The molecule has 0 aromatic carbocycles. The molecule has 3 heteroatoms. The lowest BCUT2D eigenvalue weighted by Crippen LogP contribution is -2.27. The topological polar surface area (TPSA) is 29.9 Å². The highest BCUT2D eigenvalue weighted by atomic mass is 15.3. The third kappa shape index (κ3) is 3.14. The molecule has 1 aliphatic rings. The van der Waals surface area contributed by atoms with Crippen molar-refractivity contribution >= 4 is 0 Å². The lowest BCUT2D eigenvalue weighted by atomic mass is 10.1. The van der Waals surface area contributed by atoms with Gasteiger partial charge in [-0.25, -0.2) is 0 Å². The predicted molar refractivity (Wildman–Crippen MR) is 76.0 cm³/mol. The van der Waals surface area contributed by atoms with Gasteiger partial charge >= 0.3 is 0 Å². The second kappa shape index (κ2) is 6.37. The summed E-state index contributed by atoms with van der Waals surface area (Å²) in [4.78, 5) is 0. The number of aromatic nitrogens is 2. The van der Waals surface area contributed by atoms with Gasteiger partial charge in [0.2, 0.25) is 0 Å². The fourth-order valence-corrected chi connectivity index (χ4v) is 3.13. The van der Waals surface area contributed by atoms with Crippen molar-refractivity contribution in [1.82, 2.24) is 15.1 Å². The second-order valence-corrected chi connectivity index (χ2v) is 5.52. The summed E-state index contributed by atoms with van der Waals surface area (Å²) in [5, 5.41) is 8.30. The summed E-state index contributed by atoms with van der Waals surface area (Å²) in [6.07, 6.45) is 7.85. The van der Waals surface area contributed by atoms with Crippen LogP contribution < -0.4 is 5.32 Å². The quantitative estimate of drug-likeness (QED) is 0.786. The average Bonchev–Trinajstić information content (AvgIpc) is 2.94. The fraction of sp³-hybridized carbons (Fsp3) is 0.800. The molecule has 0 radical (unpaired) electrons. The summed E-state index contributed by atoms with van der Waals surface area (Å²) in [7, 11) is 0. The van der Waals surface area contributed by atoms with E-state index in [-0.39, 0.29) is 0 Å². The summed E-state index contributed by atoms with van der Waals surface area (Å²) in [6, 6.07) is 0.789. The van der Waals surface area contributed by atoms with Gasteiger partial charge < -0.3 is 5.32 Å². The molecule has 0 atom stereocenters. The van der Waals surface area contributed by atoms with E-state index in [4.69, 9.17) is 0 Å². The molecule has 0 bridgehead atoms. The van der Waals surface area contributed by atoms with Crippen LogP contribution in [0.5, 0.6) is 0 Å². The first-order chi connectivity index (χ1) is 8.72. The van der Waals surface area contributed by atoms with Crippen LogP contribution in [0.1, 0.15) is 56.0 Å². The van der Waals surface area contributed by atoms with Crippen molar-refractivity contribution in [3.05, 3.63) is 17.0 Å². The molecule has 102 valence electrons. The van der Waals surface area contributed by atoms with Crippen molar-refractivity contribution in [1.29, 1.82) is 0 Å². The van der Waals surface area contributed by atoms with Crippen LogP contribution in [0.3, 0.4) is 0 Å². The summed E-state index contributed by atoms with van der Waals surface area (Å²) < 4.78 is 2.19. The Labute approximate surface area is 111 Å². The maximum atomic E-state index is 4.64. The zero-order chi connectivity index (χ0) is 13.0. The van der Waals surface area contributed by atoms with E-state index in [1.807, 2.05) is 0 Å². The molecule has 1 aromatic rings. The molecular formula is C15H27N3. The van der Waals surface area contributed by atoms with Crippen LogP contribution in [0.4, 0.5) is 0 Å². The lowest BCUT2D eigenvalue weighted by molar-refractivity contribution is 0.478. The molecule has 1 saturated carbocycles. The van der Waals surface area contributed by atoms with Gasteiger partial charge in [-0.15, -0.1) is 0 Å². The summed E-state index contributed by atoms with van der Waals surface area (Å²) in [6.45, 7) is 8.71. The lowest BCUT2D eigenvalue weighted by Gasteiger charge is -2.11. The number of aryl methyl sites for hydroxylation is 2. The third-order valence-corrected chi connectivity index (χ3v) is 4.22. The van der Waals surface area contributed by atoms with E-state index in [1.165, 1.54) is 49.1 Å². The van der Waals surface area contributed by atoms with Gasteiger partial charge in [-0.2, -0.15) is 5.10 Å². The van der Waals surface area contributed by atoms with Gasteiger partial charge in [0.05, 0.1) is 5.69 Å².